The molecule has 0 unspecified atom stereocenters. The highest BCUT2D eigenvalue weighted by Gasteiger charge is 2.36. The SMILES string of the molecule is CC[C@H](C)[C@H](NC(=O)[C@@H](NC(=O)[C@H](CC(C)C)NC(=O)[C@H](CCCNC(=N)N)NC(=O)[C@H](CC(N)=O)NC(=O)[C@@H](N)Cc1ccccc1)[C@@H](C)O)C(=O)NCC(=O)O. The van der Waals surface area contributed by atoms with Crippen molar-refractivity contribution in [1.82, 2.24) is 37.2 Å². The van der Waals surface area contributed by atoms with Crippen molar-refractivity contribution in [2.75, 3.05) is 13.1 Å². The van der Waals surface area contributed by atoms with Gasteiger partial charge in [0.15, 0.2) is 5.96 Å². The minimum Gasteiger partial charge on any atom is -0.480 e. The van der Waals surface area contributed by atoms with Crippen LogP contribution >= 0.6 is 0 Å². The molecule has 0 bridgehead atoms. The highest BCUT2D eigenvalue weighted by atomic mass is 16.4. The van der Waals surface area contributed by atoms with Crippen LogP contribution in [-0.4, -0.2) is 119 Å². The number of amides is 7. The van der Waals surface area contributed by atoms with Crippen LogP contribution in [0.15, 0.2) is 30.3 Å². The molecular formula is C37H61N11O10. The Morgan fingerprint density at radius 2 is 1.28 bits per heavy atom. The van der Waals surface area contributed by atoms with E-state index in [4.69, 9.17) is 27.7 Å². The standard InChI is InChI=1S/C37H61N11O10/c1-6-20(4)29(35(57)43-18-28(51)52)47-36(58)30(21(5)49)48-34(56)25(15-19(2)3)46-32(54)24(13-10-14-42-37(40)41)44-33(55)26(17-27(39)50)45-31(53)23(38)16-22-11-8-7-9-12-22/h7-9,11-12,19-21,23-26,29-30,49H,6,10,13-18,38H2,1-5H3,(H2,39,50)(H,43,57)(H,44,55)(H,45,53)(H,46,54)(H,47,58)(H,48,56)(H,51,52)(H4,40,41,42)/t20-,21+,23-,24-,25-,26-,29-,30-/m0/s1. The van der Waals surface area contributed by atoms with Crippen LogP contribution in [0.4, 0.5) is 0 Å². The molecule has 16 N–H and O–H groups in total. The van der Waals surface area contributed by atoms with Gasteiger partial charge >= 0.3 is 5.97 Å². The van der Waals surface area contributed by atoms with E-state index in [2.05, 4.69) is 37.2 Å². The summed E-state index contributed by atoms with van der Waals surface area (Å²) in [5, 5.41) is 44.1. The monoisotopic (exact) mass is 819 g/mol. The first kappa shape index (κ1) is 50.2. The second-order valence-corrected chi connectivity index (χ2v) is 14.5. The van der Waals surface area contributed by atoms with Gasteiger partial charge in [0.05, 0.1) is 18.6 Å². The van der Waals surface area contributed by atoms with Gasteiger partial charge in [-0.1, -0.05) is 64.4 Å². The van der Waals surface area contributed by atoms with Crippen LogP contribution in [-0.2, 0) is 44.8 Å². The number of carbonyl (C=O) groups excluding carboxylic acids is 7. The van der Waals surface area contributed by atoms with Crippen molar-refractivity contribution >= 4 is 53.3 Å². The number of guanidine groups is 1. The average molecular weight is 820 g/mol. The Labute approximate surface area is 337 Å². The van der Waals surface area contributed by atoms with Crippen molar-refractivity contribution < 1.29 is 48.6 Å². The van der Waals surface area contributed by atoms with E-state index in [0.717, 1.165) is 5.56 Å². The second-order valence-electron chi connectivity index (χ2n) is 14.5. The molecule has 0 aliphatic rings. The van der Waals surface area contributed by atoms with Crippen LogP contribution in [0.3, 0.4) is 0 Å². The van der Waals surface area contributed by atoms with Gasteiger partial charge in [0.1, 0.15) is 36.8 Å². The van der Waals surface area contributed by atoms with Crippen LogP contribution in [0.2, 0.25) is 0 Å². The van der Waals surface area contributed by atoms with Gasteiger partial charge in [-0.3, -0.25) is 43.8 Å². The molecule has 1 aromatic rings. The molecule has 8 atom stereocenters. The fourth-order valence-electron chi connectivity index (χ4n) is 5.57. The summed E-state index contributed by atoms with van der Waals surface area (Å²) in [6.45, 7) is 7.53. The normalized spacial score (nSPS) is 15.1. The molecule has 0 aromatic heterocycles. The molecule has 0 aliphatic heterocycles. The molecule has 0 saturated heterocycles. The zero-order chi connectivity index (χ0) is 44.1. The topological polar surface area (TPSA) is 363 Å². The van der Waals surface area contributed by atoms with E-state index in [0.29, 0.717) is 6.42 Å². The van der Waals surface area contributed by atoms with E-state index >= 15 is 0 Å². The lowest BCUT2D eigenvalue weighted by molar-refractivity contribution is -0.139. The lowest BCUT2D eigenvalue weighted by atomic mass is 9.97. The molecule has 0 radical (unpaired) electrons. The first-order valence-corrected chi connectivity index (χ1v) is 19.0. The third-order valence-corrected chi connectivity index (χ3v) is 8.90. The van der Waals surface area contributed by atoms with Gasteiger partial charge in [-0.15, -0.1) is 0 Å². The summed E-state index contributed by atoms with van der Waals surface area (Å²) in [6, 6.07) is 0.613. The molecule has 1 aromatic carbocycles. The highest BCUT2D eigenvalue weighted by Crippen LogP contribution is 2.11. The predicted octanol–water partition coefficient (Wildman–Crippen LogP) is -3.21. The fraction of sp³-hybridized carbons (Fsp3) is 0.595. The molecule has 0 heterocycles. The maximum absolute atomic E-state index is 13.9. The van der Waals surface area contributed by atoms with E-state index in [-0.39, 0.29) is 44.1 Å². The van der Waals surface area contributed by atoms with Crippen molar-refractivity contribution in [2.24, 2.45) is 29.0 Å². The Morgan fingerprint density at radius 3 is 1.81 bits per heavy atom. The van der Waals surface area contributed by atoms with E-state index in [9.17, 15) is 43.5 Å². The number of rotatable bonds is 26. The van der Waals surface area contributed by atoms with Gasteiger partial charge in [-0.05, 0) is 50.0 Å². The van der Waals surface area contributed by atoms with Crippen molar-refractivity contribution in [3.63, 3.8) is 0 Å². The Hall–Kier alpha value is -5.83. The largest absolute Gasteiger partial charge is 0.480 e. The molecule has 58 heavy (non-hydrogen) atoms. The smallest absolute Gasteiger partial charge is 0.322 e. The van der Waals surface area contributed by atoms with Gasteiger partial charge in [0.2, 0.25) is 41.4 Å². The number of carbonyl (C=O) groups is 8. The van der Waals surface area contributed by atoms with Crippen molar-refractivity contribution in [3.05, 3.63) is 35.9 Å². The van der Waals surface area contributed by atoms with Gasteiger partial charge in [0.25, 0.3) is 0 Å². The summed E-state index contributed by atoms with van der Waals surface area (Å²) >= 11 is 0. The third kappa shape index (κ3) is 18.9. The number of hydrogen-bond donors (Lipinski definition) is 13. The molecule has 21 nitrogen and oxygen atoms in total. The number of carboxylic acid groups (broad SMARTS) is 1. The van der Waals surface area contributed by atoms with Crippen LogP contribution in [0.5, 0.6) is 0 Å². The molecule has 1 rings (SSSR count). The number of carboxylic acids is 1. The Bertz CT molecular complexity index is 1580. The lowest BCUT2D eigenvalue weighted by Crippen LogP contribution is -2.62. The van der Waals surface area contributed by atoms with Crippen LogP contribution in [0, 0.1) is 17.2 Å². The number of nitrogens with two attached hydrogens (primary N) is 3. The van der Waals surface area contributed by atoms with Gasteiger partial charge < -0.3 is 64.6 Å². The molecule has 324 valence electrons. The van der Waals surface area contributed by atoms with Crippen LogP contribution in [0.1, 0.15) is 72.3 Å². The molecule has 7 amide bonds. The zero-order valence-corrected chi connectivity index (χ0v) is 33.6. The van der Waals surface area contributed by atoms with Crippen LogP contribution < -0.4 is 54.4 Å². The molecule has 0 saturated carbocycles. The van der Waals surface area contributed by atoms with E-state index in [1.807, 2.05) is 0 Å². The summed E-state index contributed by atoms with van der Waals surface area (Å²) in [4.78, 5) is 103. The minimum atomic E-state index is -1.63. The number of nitrogens with one attached hydrogen (secondary N) is 8. The van der Waals surface area contributed by atoms with E-state index in [1.165, 1.54) is 6.92 Å². The number of aliphatic hydroxyl groups is 1. The summed E-state index contributed by atoms with van der Waals surface area (Å²) in [7, 11) is 0. The zero-order valence-electron chi connectivity index (χ0n) is 33.6. The molecule has 21 heteroatoms. The summed E-state index contributed by atoms with van der Waals surface area (Å²) in [6.07, 6.45) is -1.53. The highest BCUT2D eigenvalue weighted by molar-refractivity contribution is 5.98. The number of aliphatic hydroxyl groups excluding tert-OH is 1. The Morgan fingerprint density at radius 1 is 0.724 bits per heavy atom. The van der Waals surface area contributed by atoms with E-state index < -0.39 is 109 Å². The maximum atomic E-state index is 13.9. The van der Waals surface area contributed by atoms with E-state index in [1.54, 1.807) is 58.0 Å². The Kier molecular flexibility index (Phi) is 22.0. The van der Waals surface area contributed by atoms with Gasteiger partial charge in [0, 0.05) is 6.54 Å². The number of aliphatic carboxylic acids is 1. The number of primary amides is 1. The van der Waals surface area contributed by atoms with Crippen molar-refractivity contribution in [3.8, 4) is 0 Å². The number of hydrogen-bond acceptors (Lipinski definition) is 11. The molecular weight excluding hydrogens is 758 g/mol. The van der Waals surface area contributed by atoms with Gasteiger partial charge in [-0.25, -0.2) is 0 Å². The predicted molar refractivity (Wildman–Crippen MR) is 212 cm³/mol. The quantitative estimate of drug-likeness (QED) is 0.0249. The molecule has 0 aliphatic carbocycles. The van der Waals surface area contributed by atoms with Crippen molar-refractivity contribution in [2.45, 2.75) is 115 Å². The van der Waals surface area contributed by atoms with Gasteiger partial charge in [-0.2, -0.15) is 0 Å². The number of benzene rings is 1. The molecule has 0 fully saturated rings. The van der Waals surface area contributed by atoms with Crippen LogP contribution in [0.25, 0.3) is 0 Å². The summed E-state index contributed by atoms with van der Waals surface area (Å²) in [5.41, 5.74) is 17.6. The van der Waals surface area contributed by atoms with Crippen molar-refractivity contribution in [1.29, 1.82) is 5.41 Å². The molecule has 0 spiro atoms. The minimum absolute atomic E-state index is 0.0189. The third-order valence-electron chi connectivity index (χ3n) is 8.90. The lowest BCUT2D eigenvalue weighted by Gasteiger charge is -2.29. The first-order valence-electron chi connectivity index (χ1n) is 19.0. The Balaban J connectivity index is 3.32. The summed E-state index contributed by atoms with van der Waals surface area (Å²) in [5.74, 6) is -8.51. The fourth-order valence-corrected chi connectivity index (χ4v) is 5.57. The maximum Gasteiger partial charge on any atom is 0.322 e. The second kappa shape index (κ2) is 25.4. The average Bonchev–Trinajstić information content (AvgIpc) is 3.14. The summed E-state index contributed by atoms with van der Waals surface area (Å²) < 4.78 is 0. The first-order chi connectivity index (χ1) is 27.2.